The van der Waals surface area contributed by atoms with Gasteiger partial charge in [-0.15, -0.1) is 6.42 Å². The van der Waals surface area contributed by atoms with Crippen molar-refractivity contribution < 1.29 is 0 Å². The fraction of sp³-hybridized carbons (Fsp3) is 0.0370. The average Bonchev–Trinajstić information content (AvgIpc) is 2.85. The van der Waals surface area contributed by atoms with Gasteiger partial charge < -0.3 is 0 Å². The van der Waals surface area contributed by atoms with Crippen LogP contribution < -0.4 is 0 Å². The molecule has 0 aliphatic rings. The molecule has 0 unspecified atom stereocenters. The van der Waals surface area contributed by atoms with E-state index in [1.54, 1.807) is 12.3 Å². The molecule has 0 amide bonds. The molecule has 2 aromatic heterocycles. The smallest absolute Gasteiger partial charge is 0.164 e. The molecule has 4 heteroatoms. The number of hydrogen-bond donors (Lipinski definition) is 0. The lowest BCUT2D eigenvalue weighted by atomic mass is 10.1. The van der Waals surface area contributed by atoms with Gasteiger partial charge in [-0.3, -0.25) is 4.98 Å². The van der Waals surface area contributed by atoms with Crippen molar-refractivity contribution in [3.63, 3.8) is 0 Å². The van der Waals surface area contributed by atoms with Crippen LogP contribution in [0, 0.1) is 12.3 Å². The van der Waals surface area contributed by atoms with Gasteiger partial charge in [-0.1, -0.05) is 78.7 Å². The second kappa shape index (κ2) is 9.43. The van der Waals surface area contributed by atoms with Gasteiger partial charge in [-0.2, -0.15) is 0 Å². The predicted molar refractivity (Wildman–Crippen MR) is 126 cm³/mol. The van der Waals surface area contributed by atoms with E-state index in [1.807, 2.05) is 91.9 Å². The minimum Gasteiger partial charge on any atom is -0.256 e. The first kappa shape index (κ1) is 19.9. The lowest BCUT2D eigenvalue weighted by molar-refractivity contribution is 1.04. The number of terminal acetylenes is 1. The number of hydrogen-bond acceptors (Lipinski definition) is 4. The van der Waals surface area contributed by atoms with E-state index in [-0.39, 0.29) is 0 Å². The molecule has 0 aliphatic heterocycles. The first-order valence-corrected chi connectivity index (χ1v) is 9.91. The van der Waals surface area contributed by atoms with Crippen LogP contribution >= 0.6 is 0 Å². The Morgan fingerprint density at radius 1 is 0.774 bits per heavy atom. The lowest BCUT2D eigenvalue weighted by Crippen LogP contribution is -2.02. The SMILES string of the molecule is C#C/C=C(\C=C/C)c1nc(-c2ccccc2)nc(-c2ccc(-c3ccccn3)cc2)n1. The summed E-state index contributed by atoms with van der Waals surface area (Å²) in [5, 5.41) is 0. The molecule has 0 N–H and O–H groups in total. The first-order valence-electron chi connectivity index (χ1n) is 9.91. The van der Waals surface area contributed by atoms with Gasteiger partial charge in [0.25, 0.3) is 0 Å². The first-order chi connectivity index (χ1) is 15.3. The molecule has 0 aliphatic carbocycles. The van der Waals surface area contributed by atoms with Gasteiger partial charge in [0.05, 0.1) is 5.69 Å². The van der Waals surface area contributed by atoms with Crippen molar-refractivity contribution in [2.45, 2.75) is 6.92 Å². The van der Waals surface area contributed by atoms with Gasteiger partial charge in [0.15, 0.2) is 17.5 Å². The molecule has 4 aromatic rings. The van der Waals surface area contributed by atoms with E-state index in [9.17, 15) is 0 Å². The fourth-order valence-electron chi connectivity index (χ4n) is 3.13. The number of rotatable bonds is 5. The molecular weight excluding hydrogens is 380 g/mol. The molecule has 0 spiro atoms. The van der Waals surface area contributed by atoms with Crippen molar-refractivity contribution in [2.24, 2.45) is 0 Å². The van der Waals surface area contributed by atoms with Crippen LogP contribution in [0.5, 0.6) is 0 Å². The third-order valence-corrected chi connectivity index (χ3v) is 4.61. The topological polar surface area (TPSA) is 51.6 Å². The van der Waals surface area contributed by atoms with Gasteiger partial charge in [0, 0.05) is 28.5 Å². The van der Waals surface area contributed by atoms with E-state index in [2.05, 4.69) is 15.9 Å². The summed E-state index contributed by atoms with van der Waals surface area (Å²) >= 11 is 0. The van der Waals surface area contributed by atoms with Crippen molar-refractivity contribution in [3.05, 3.63) is 103 Å². The highest BCUT2D eigenvalue weighted by Crippen LogP contribution is 2.25. The maximum Gasteiger partial charge on any atom is 0.164 e. The zero-order chi connectivity index (χ0) is 21.5. The summed E-state index contributed by atoms with van der Waals surface area (Å²) in [6, 6.07) is 23.7. The van der Waals surface area contributed by atoms with Crippen molar-refractivity contribution in [3.8, 4) is 46.4 Å². The van der Waals surface area contributed by atoms with Gasteiger partial charge >= 0.3 is 0 Å². The molecule has 0 radical (unpaired) electrons. The Balaban J connectivity index is 1.82. The Morgan fingerprint density at radius 2 is 1.42 bits per heavy atom. The van der Waals surface area contributed by atoms with E-state index >= 15 is 0 Å². The highest BCUT2D eigenvalue weighted by Gasteiger charge is 2.12. The van der Waals surface area contributed by atoms with Crippen molar-refractivity contribution in [2.75, 3.05) is 0 Å². The van der Waals surface area contributed by atoms with Crippen LogP contribution in [0.15, 0.2) is 97.2 Å². The van der Waals surface area contributed by atoms with Gasteiger partial charge in [-0.05, 0) is 25.1 Å². The van der Waals surface area contributed by atoms with Crippen LogP contribution in [-0.2, 0) is 0 Å². The number of allylic oxidation sites excluding steroid dienone is 4. The molecule has 4 nitrogen and oxygen atoms in total. The average molecular weight is 400 g/mol. The Kier molecular flexibility index (Phi) is 6.06. The molecule has 0 bridgehead atoms. The molecule has 0 atom stereocenters. The Labute approximate surface area is 182 Å². The third kappa shape index (κ3) is 4.63. The zero-order valence-corrected chi connectivity index (χ0v) is 17.1. The van der Waals surface area contributed by atoms with E-state index in [4.69, 9.17) is 16.4 Å². The Hall–Kier alpha value is -4.36. The number of aromatic nitrogens is 4. The molecular formula is C27H20N4. The maximum absolute atomic E-state index is 5.53. The summed E-state index contributed by atoms with van der Waals surface area (Å²) in [5.41, 5.74) is 4.52. The Bertz CT molecular complexity index is 1270. The number of nitrogens with zero attached hydrogens (tertiary/aromatic N) is 4. The molecule has 0 saturated carbocycles. The summed E-state index contributed by atoms with van der Waals surface area (Å²) in [5.74, 6) is 4.30. The second-order valence-corrected chi connectivity index (χ2v) is 6.73. The molecule has 31 heavy (non-hydrogen) atoms. The van der Waals surface area contributed by atoms with Crippen LogP contribution in [0.4, 0.5) is 0 Å². The molecule has 2 aromatic carbocycles. The molecule has 4 rings (SSSR count). The molecule has 0 fully saturated rings. The minimum absolute atomic E-state index is 0.536. The summed E-state index contributed by atoms with van der Waals surface area (Å²) in [4.78, 5) is 18.5. The van der Waals surface area contributed by atoms with E-state index in [1.165, 1.54) is 0 Å². The molecule has 148 valence electrons. The van der Waals surface area contributed by atoms with E-state index < -0.39 is 0 Å². The summed E-state index contributed by atoms with van der Waals surface area (Å²) in [6.07, 6.45) is 12.8. The van der Waals surface area contributed by atoms with Crippen LogP contribution in [0.25, 0.3) is 39.6 Å². The van der Waals surface area contributed by atoms with Gasteiger partial charge in [0.2, 0.25) is 0 Å². The maximum atomic E-state index is 5.53. The van der Waals surface area contributed by atoms with E-state index in [0.29, 0.717) is 17.5 Å². The minimum atomic E-state index is 0.536. The highest BCUT2D eigenvalue weighted by molar-refractivity contribution is 5.74. The third-order valence-electron chi connectivity index (χ3n) is 4.61. The van der Waals surface area contributed by atoms with Crippen molar-refractivity contribution in [1.29, 1.82) is 0 Å². The summed E-state index contributed by atoms with van der Waals surface area (Å²) in [7, 11) is 0. The van der Waals surface area contributed by atoms with E-state index in [0.717, 1.165) is 28.0 Å². The largest absolute Gasteiger partial charge is 0.256 e. The summed E-state index contributed by atoms with van der Waals surface area (Å²) < 4.78 is 0. The second-order valence-electron chi connectivity index (χ2n) is 6.73. The fourth-order valence-corrected chi connectivity index (χ4v) is 3.13. The molecule has 0 saturated heterocycles. The van der Waals surface area contributed by atoms with Gasteiger partial charge in [-0.25, -0.2) is 15.0 Å². The lowest BCUT2D eigenvalue weighted by Gasteiger charge is -2.09. The van der Waals surface area contributed by atoms with Gasteiger partial charge in [0.1, 0.15) is 0 Å². The predicted octanol–water partition coefficient (Wildman–Crippen LogP) is 5.86. The van der Waals surface area contributed by atoms with Crippen LogP contribution in [0.2, 0.25) is 0 Å². The normalized spacial score (nSPS) is 11.4. The summed E-state index contributed by atoms with van der Waals surface area (Å²) in [6.45, 7) is 1.93. The van der Waals surface area contributed by atoms with Crippen molar-refractivity contribution in [1.82, 2.24) is 19.9 Å². The van der Waals surface area contributed by atoms with Crippen LogP contribution in [0.3, 0.4) is 0 Å². The van der Waals surface area contributed by atoms with Crippen molar-refractivity contribution >= 4 is 5.57 Å². The van der Waals surface area contributed by atoms with Crippen LogP contribution in [0.1, 0.15) is 12.7 Å². The zero-order valence-electron chi connectivity index (χ0n) is 17.1. The number of pyridine rings is 1. The van der Waals surface area contributed by atoms with Crippen LogP contribution in [-0.4, -0.2) is 19.9 Å². The monoisotopic (exact) mass is 400 g/mol. The Morgan fingerprint density at radius 3 is 2.03 bits per heavy atom. The highest BCUT2D eigenvalue weighted by atomic mass is 15.0. The molecule has 2 heterocycles. The standard InChI is InChI=1S/C27H20N4/c1-3-10-21(11-4-2)25-29-26(22-12-6-5-7-13-22)31-27(30-25)23-17-15-20(16-18-23)24-14-8-9-19-28-24/h1,4-19H,2H3/b11-4-,21-10+. The quantitative estimate of drug-likeness (QED) is 0.311. The number of benzene rings is 2.